The molecule has 137 heavy (non-hydrogen) atoms. The number of nitrogens with zero attached hydrogens (tertiary/aromatic N) is 2. The van der Waals surface area contributed by atoms with E-state index in [1.165, 1.54) is 138 Å². The molecule has 0 amide bonds. The summed E-state index contributed by atoms with van der Waals surface area (Å²) < 4.78 is 19.2. The molecule has 21 aromatic rings. The minimum Gasteiger partial charge on any atom is -0.457 e. The first-order chi connectivity index (χ1) is 67.1. The Morgan fingerprint density at radius 3 is 0.759 bits per heavy atom. The first kappa shape index (κ1) is 83.2. The maximum absolute atomic E-state index is 6.43. The Balaban J connectivity index is 0.000000153. The molecule has 21 aromatic carbocycles. The van der Waals surface area contributed by atoms with Gasteiger partial charge in [-0.05, 0) is 272 Å². The zero-order valence-electron chi connectivity index (χ0n) is 77.3. The fourth-order valence-corrected chi connectivity index (χ4v) is 22.0. The van der Waals surface area contributed by atoms with Crippen molar-refractivity contribution in [2.75, 3.05) is 9.80 Å². The topological polar surface area (TPSA) is 34.2 Å². The molecule has 0 saturated carbocycles. The van der Waals surface area contributed by atoms with Crippen LogP contribution in [0, 0.1) is 0 Å². The number of benzene rings is 21. The van der Waals surface area contributed by atoms with Gasteiger partial charge in [-0.2, -0.15) is 0 Å². The largest absolute Gasteiger partial charge is 0.457 e. The smallest absolute Gasteiger partial charge is 0.131 e. The van der Waals surface area contributed by atoms with Crippen molar-refractivity contribution in [1.82, 2.24) is 0 Å². The molecule has 0 aromatic heterocycles. The Hall–Kier alpha value is -16.9. The van der Waals surface area contributed by atoms with Gasteiger partial charge in [0.25, 0.3) is 0 Å². The van der Waals surface area contributed by atoms with Gasteiger partial charge >= 0.3 is 0 Å². The van der Waals surface area contributed by atoms with E-state index in [2.05, 4.69) is 518 Å². The van der Waals surface area contributed by atoms with Crippen LogP contribution in [-0.4, -0.2) is 0 Å². The van der Waals surface area contributed by atoms with Crippen LogP contribution in [-0.2, 0) is 21.7 Å². The normalized spacial score (nSPS) is 13.7. The van der Waals surface area contributed by atoms with Crippen LogP contribution in [0.3, 0.4) is 0 Å². The summed E-state index contributed by atoms with van der Waals surface area (Å²) in [6, 6.07) is 177. The second kappa shape index (κ2) is 33.7. The summed E-state index contributed by atoms with van der Waals surface area (Å²) in [6.45, 7) is 13.7. The van der Waals surface area contributed by atoms with E-state index in [4.69, 9.17) is 14.2 Å². The van der Waals surface area contributed by atoms with Crippen LogP contribution in [0.4, 0.5) is 34.1 Å². The summed E-state index contributed by atoms with van der Waals surface area (Å²) in [5, 5.41) is 4.99. The third-order valence-corrected chi connectivity index (χ3v) is 29.2. The molecule has 0 N–H and O–H groups in total. The number of rotatable bonds is 15. The van der Waals surface area contributed by atoms with Gasteiger partial charge in [-0.15, -0.1) is 0 Å². The molecule has 3 heterocycles. The molecule has 0 radical (unpaired) electrons. The molecular formula is C132H98N2O3. The Kier molecular flexibility index (Phi) is 20.5. The van der Waals surface area contributed by atoms with Crippen molar-refractivity contribution in [2.24, 2.45) is 0 Å². The Morgan fingerprint density at radius 1 is 0.161 bits per heavy atom. The molecule has 0 spiro atoms. The number of fused-ring (bicyclic) bond motifs is 11. The van der Waals surface area contributed by atoms with Crippen molar-refractivity contribution in [3.63, 3.8) is 0 Å². The lowest BCUT2D eigenvalue weighted by atomic mass is 9.67. The van der Waals surface area contributed by atoms with E-state index in [1.54, 1.807) is 0 Å². The summed E-state index contributed by atoms with van der Waals surface area (Å²) in [6.07, 6.45) is 0. The zero-order valence-corrected chi connectivity index (χ0v) is 77.3. The third-order valence-electron chi connectivity index (χ3n) is 29.2. The fourth-order valence-electron chi connectivity index (χ4n) is 22.0. The highest BCUT2D eigenvalue weighted by atomic mass is 16.5. The van der Waals surface area contributed by atoms with Gasteiger partial charge in [0, 0.05) is 83.7 Å². The predicted octanol–water partition coefficient (Wildman–Crippen LogP) is 35.9. The molecule has 654 valence electrons. The zero-order chi connectivity index (χ0) is 92.1. The van der Waals surface area contributed by atoms with Gasteiger partial charge in [-0.25, -0.2) is 0 Å². The van der Waals surface area contributed by atoms with E-state index < -0.39 is 5.41 Å². The van der Waals surface area contributed by atoms with Gasteiger partial charge in [0.1, 0.15) is 34.5 Å². The summed E-state index contributed by atoms with van der Waals surface area (Å²) in [5.74, 6) is 5.55. The number of anilines is 6. The monoisotopic (exact) mass is 1760 g/mol. The van der Waals surface area contributed by atoms with Crippen molar-refractivity contribution in [1.29, 1.82) is 0 Å². The highest BCUT2D eigenvalue weighted by Gasteiger charge is 2.47. The SMILES string of the molecule is CC1(C)c2ccccc2Oc2ccc(-c3ccc(N(c4ccc(-c5ccc6c(c5)C(C)(C)c5ccccc5O6)cc4)c4ccc(-c5cccc6ccccc56)cc4)cc3)cc21.CC1(C)c2ccccc2Oc2ccc(-c3ccc(N(c4ccc(-c5ccccc5)cc4)c4ccc(-c5ccc6c(c5)C(c5ccccc5)(c5ccccc5)c5cc(-c7cccc8ccccc78)ccc5-6)cc4)cc3)cc21. The summed E-state index contributed by atoms with van der Waals surface area (Å²) >= 11 is 0. The van der Waals surface area contributed by atoms with Crippen molar-refractivity contribution in [2.45, 2.75) is 63.2 Å². The minimum absolute atomic E-state index is 0.185. The minimum atomic E-state index is -0.562. The number of hydrogen-bond donors (Lipinski definition) is 0. The van der Waals surface area contributed by atoms with Crippen LogP contribution in [0.15, 0.2) is 485 Å². The van der Waals surface area contributed by atoms with Crippen LogP contribution < -0.4 is 24.0 Å². The molecule has 0 unspecified atom stereocenters. The van der Waals surface area contributed by atoms with Gasteiger partial charge in [0.15, 0.2) is 0 Å². The molecule has 5 nitrogen and oxygen atoms in total. The molecule has 0 fully saturated rings. The van der Waals surface area contributed by atoms with Crippen LogP contribution in [0.25, 0.3) is 111 Å². The first-order valence-corrected chi connectivity index (χ1v) is 47.5. The molecule has 5 heteroatoms. The van der Waals surface area contributed by atoms with Gasteiger partial charge in [0.2, 0.25) is 0 Å². The average Bonchev–Trinajstić information content (AvgIpc) is 1.53. The van der Waals surface area contributed by atoms with Crippen molar-refractivity contribution >= 4 is 55.7 Å². The number of para-hydroxylation sites is 3. The third kappa shape index (κ3) is 14.6. The Morgan fingerprint density at radius 2 is 0.401 bits per heavy atom. The molecular weight excluding hydrogens is 1660 g/mol. The fraction of sp³-hybridized carbons (Fsp3) is 0.0758. The molecule has 1 aliphatic carbocycles. The van der Waals surface area contributed by atoms with E-state index in [0.29, 0.717) is 0 Å². The van der Waals surface area contributed by atoms with Gasteiger partial charge in [-0.1, -0.05) is 387 Å². The lowest BCUT2D eigenvalue weighted by Crippen LogP contribution is -2.28. The van der Waals surface area contributed by atoms with Gasteiger partial charge in [-0.3, -0.25) is 0 Å². The van der Waals surface area contributed by atoms with Gasteiger partial charge < -0.3 is 24.0 Å². The summed E-state index contributed by atoms with van der Waals surface area (Å²) in [4.78, 5) is 4.72. The molecule has 0 atom stereocenters. The lowest BCUT2D eigenvalue weighted by Gasteiger charge is -2.34. The number of hydrogen-bond acceptors (Lipinski definition) is 5. The molecule has 0 bridgehead atoms. The molecule has 3 aliphatic heterocycles. The van der Waals surface area contributed by atoms with Crippen molar-refractivity contribution in [3.05, 3.63) is 541 Å². The van der Waals surface area contributed by atoms with Crippen molar-refractivity contribution < 1.29 is 14.2 Å². The van der Waals surface area contributed by atoms with Crippen molar-refractivity contribution in [3.8, 4) is 124 Å². The second-order valence-corrected chi connectivity index (χ2v) is 38.2. The highest BCUT2D eigenvalue weighted by molar-refractivity contribution is 6.00. The molecule has 0 saturated heterocycles. The molecule has 25 rings (SSSR count). The number of ether oxygens (including phenoxy) is 3. The second-order valence-electron chi connectivity index (χ2n) is 38.2. The standard InChI is InChI=1S/C74H53NO.C58H45NO2/c1-73(2)67-27-14-15-28-71(67)76-72-46-37-56(48-70(72)73)53-33-42-62(43-34-53)75(60-38-29-51(30-39-60)50-17-6-3-7-18-50)61-40-31-52(32-41-61)55-35-44-65-66-45-36-57(64-26-16-20-54-19-12-13-25-63(54)64)49-69(66)74(68(65)47-55,58-21-8-4-9-22-58)59-23-10-5-11-24-59;1-57(2)49-16-7-9-18-53(49)60-55-34-26-42(36-51(55)57)38-20-28-44(29-21-38)59(46-32-24-41(25-33-46)48-15-11-13-40-12-5-6-14-47(40)48)45-30-22-39(23-31-45)43-27-35-56-52(37-43)58(3,4)50-17-8-10-19-54(50)61-56/h3-49H,1-2H3;5-37H,1-4H3. The van der Waals surface area contributed by atoms with E-state index in [9.17, 15) is 0 Å². The first-order valence-electron chi connectivity index (χ1n) is 47.5. The Labute approximate surface area is 801 Å². The Bertz CT molecular complexity index is 8000. The van der Waals surface area contributed by atoms with E-state index in [-0.39, 0.29) is 16.2 Å². The average molecular weight is 1760 g/mol. The maximum atomic E-state index is 6.43. The maximum Gasteiger partial charge on any atom is 0.131 e. The van der Waals surface area contributed by atoms with Crippen LogP contribution in [0.5, 0.6) is 34.5 Å². The van der Waals surface area contributed by atoms with E-state index >= 15 is 0 Å². The van der Waals surface area contributed by atoms with Gasteiger partial charge in [0.05, 0.1) is 5.41 Å². The lowest BCUT2D eigenvalue weighted by molar-refractivity contribution is 0.418. The summed E-state index contributed by atoms with van der Waals surface area (Å²) in [5.41, 5.74) is 36.7. The van der Waals surface area contributed by atoms with Crippen LogP contribution >= 0.6 is 0 Å². The highest BCUT2D eigenvalue weighted by Crippen LogP contribution is 2.60. The quantitative estimate of drug-likeness (QED) is 0.102. The van der Waals surface area contributed by atoms with Crippen LogP contribution in [0.2, 0.25) is 0 Å². The molecule has 4 aliphatic rings. The van der Waals surface area contributed by atoms with E-state index in [0.717, 1.165) is 96.4 Å². The van der Waals surface area contributed by atoms with Crippen LogP contribution in [0.1, 0.15) is 97.2 Å². The predicted molar refractivity (Wildman–Crippen MR) is 569 cm³/mol. The van der Waals surface area contributed by atoms with E-state index in [1.807, 2.05) is 18.2 Å². The summed E-state index contributed by atoms with van der Waals surface area (Å²) in [7, 11) is 0.